The quantitative estimate of drug-likeness (QED) is 0.676. The van der Waals surface area contributed by atoms with Gasteiger partial charge in [-0.2, -0.15) is 0 Å². The van der Waals surface area contributed by atoms with Crippen LogP contribution >= 0.6 is 35.5 Å². The normalized spacial score (nSPS) is 22.7. The average molecular weight is 372 g/mol. The molecule has 0 radical (unpaired) electrons. The molecular weight excluding hydrogens is 350 g/mol. The predicted octanol–water partition coefficient (Wildman–Crippen LogP) is 5.28. The van der Waals surface area contributed by atoms with Crippen molar-refractivity contribution in [3.05, 3.63) is 28.3 Å². The Morgan fingerprint density at radius 2 is 2.04 bits per heavy atom. The minimum absolute atomic E-state index is 0.0704. The fourth-order valence-corrected chi connectivity index (χ4v) is 5.57. The van der Waals surface area contributed by atoms with Crippen LogP contribution in [0, 0.1) is 5.92 Å². The second-order valence-electron chi connectivity index (χ2n) is 6.11. The third-order valence-electron chi connectivity index (χ3n) is 4.82. The van der Waals surface area contributed by atoms with Crippen molar-refractivity contribution in [2.75, 3.05) is 13.4 Å². The zero-order valence-corrected chi connectivity index (χ0v) is 15.9. The highest BCUT2D eigenvalue weighted by Crippen LogP contribution is 2.46. The molecule has 3 rings (SSSR count). The second kappa shape index (κ2) is 7.58. The first-order chi connectivity index (χ1) is 11.2. The van der Waals surface area contributed by atoms with Crippen LogP contribution in [-0.4, -0.2) is 23.0 Å². The summed E-state index contributed by atoms with van der Waals surface area (Å²) >= 11 is 9.39. The Hall–Kier alpha value is -0.520. The van der Waals surface area contributed by atoms with E-state index >= 15 is 0 Å². The van der Waals surface area contributed by atoms with Gasteiger partial charge < -0.3 is 4.74 Å². The number of fused-ring (bicyclic) bond motifs is 1. The molecule has 126 valence electrons. The van der Waals surface area contributed by atoms with Crippen molar-refractivity contribution >= 4 is 41.4 Å². The van der Waals surface area contributed by atoms with E-state index < -0.39 is 0 Å². The lowest BCUT2D eigenvalue weighted by Crippen LogP contribution is -2.30. The van der Waals surface area contributed by atoms with Gasteiger partial charge in [-0.05, 0) is 65.9 Å². The van der Waals surface area contributed by atoms with Crippen LogP contribution in [0.4, 0.5) is 0 Å². The highest BCUT2D eigenvalue weighted by molar-refractivity contribution is 8.12. The lowest BCUT2D eigenvalue weighted by atomic mass is 9.75. The maximum atomic E-state index is 13.1. The Bertz CT molecular complexity index is 590. The molecule has 1 heterocycles. The minimum Gasteiger partial charge on any atom is -0.495 e. The topological polar surface area (TPSA) is 29.5 Å². The largest absolute Gasteiger partial charge is 0.495 e. The Kier molecular flexibility index (Phi) is 5.70. The highest BCUT2D eigenvalue weighted by Gasteiger charge is 2.38. The van der Waals surface area contributed by atoms with Gasteiger partial charge in [0.15, 0.2) is 0 Å². The number of carbonyl (C=O) groups excluding carboxylic acids is 1. The fraction of sp³-hybridized carbons (Fsp3) is 0.588. The maximum Gasteiger partial charge on any atom is 0.250 e. The number of nitrogens with zero attached hydrogens (tertiary/aromatic N) is 1. The Morgan fingerprint density at radius 3 is 2.70 bits per heavy atom. The summed E-state index contributed by atoms with van der Waals surface area (Å²) in [5.74, 6) is 2.02. The van der Waals surface area contributed by atoms with Gasteiger partial charge in [0.25, 0.3) is 5.91 Å². The molecule has 0 aromatic heterocycles. The van der Waals surface area contributed by atoms with Crippen molar-refractivity contribution < 1.29 is 9.53 Å². The van der Waals surface area contributed by atoms with Crippen molar-refractivity contribution in [2.24, 2.45) is 5.92 Å². The predicted molar refractivity (Wildman–Crippen MR) is 99.0 cm³/mol. The van der Waals surface area contributed by atoms with E-state index in [4.69, 9.17) is 16.3 Å². The van der Waals surface area contributed by atoms with Crippen molar-refractivity contribution in [2.45, 2.75) is 43.8 Å². The first kappa shape index (κ1) is 17.3. The van der Waals surface area contributed by atoms with Gasteiger partial charge in [0, 0.05) is 12.0 Å². The standard InChI is InChI=1S/C17H22ClNO2S2/c1-21-15-9-13-12(8-14(15)18)10-23-19(22-2)17(20)16(13)11-6-4-3-5-7-11/h8-9,11,16H,3-7,10H2,1-2H3. The zero-order valence-electron chi connectivity index (χ0n) is 13.5. The summed E-state index contributed by atoms with van der Waals surface area (Å²) in [6.07, 6.45) is 7.96. The number of rotatable bonds is 3. The molecule has 1 atom stereocenters. The number of methoxy groups -OCH3 is 1. The Labute approximate surface area is 151 Å². The molecule has 1 aliphatic carbocycles. The van der Waals surface area contributed by atoms with Crippen LogP contribution < -0.4 is 4.74 Å². The van der Waals surface area contributed by atoms with Crippen LogP contribution in [0.1, 0.15) is 49.1 Å². The summed E-state index contributed by atoms with van der Waals surface area (Å²) in [6, 6.07) is 3.98. The van der Waals surface area contributed by atoms with Gasteiger partial charge in [0.2, 0.25) is 0 Å². The molecule has 0 bridgehead atoms. The maximum absolute atomic E-state index is 13.1. The molecule has 0 spiro atoms. The van der Waals surface area contributed by atoms with Gasteiger partial charge >= 0.3 is 0 Å². The Morgan fingerprint density at radius 1 is 1.30 bits per heavy atom. The highest BCUT2D eigenvalue weighted by atomic mass is 35.5. The number of hydrogen-bond donors (Lipinski definition) is 0. The molecule has 1 aromatic carbocycles. The summed E-state index contributed by atoms with van der Waals surface area (Å²) in [5.41, 5.74) is 2.29. The molecule has 23 heavy (non-hydrogen) atoms. The molecule has 1 unspecified atom stereocenters. The van der Waals surface area contributed by atoms with Gasteiger partial charge in [0.05, 0.1) is 18.1 Å². The van der Waals surface area contributed by atoms with Crippen LogP contribution in [0.3, 0.4) is 0 Å². The fourth-order valence-electron chi connectivity index (χ4n) is 3.69. The summed E-state index contributed by atoms with van der Waals surface area (Å²) in [4.78, 5) is 13.1. The minimum atomic E-state index is -0.0704. The molecule has 6 heteroatoms. The van der Waals surface area contributed by atoms with Crippen LogP contribution in [0.5, 0.6) is 5.75 Å². The smallest absolute Gasteiger partial charge is 0.250 e. The molecule has 1 aliphatic heterocycles. The molecule has 2 aliphatic rings. The van der Waals surface area contributed by atoms with Gasteiger partial charge in [-0.3, -0.25) is 4.79 Å². The average Bonchev–Trinajstić information content (AvgIpc) is 2.70. The number of hydrogen-bond acceptors (Lipinski definition) is 4. The number of carbonyl (C=O) groups is 1. The van der Waals surface area contributed by atoms with E-state index in [0.29, 0.717) is 16.7 Å². The lowest BCUT2D eigenvalue weighted by molar-refractivity contribution is -0.125. The van der Waals surface area contributed by atoms with Crippen molar-refractivity contribution in [1.82, 2.24) is 3.71 Å². The van der Waals surface area contributed by atoms with E-state index in [-0.39, 0.29) is 11.8 Å². The van der Waals surface area contributed by atoms with Gasteiger partial charge in [0.1, 0.15) is 5.75 Å². The van der Waals surface area contributed by atoms with Gasteiger partial charge in [-0.25, -0.2) is 3.71 Å². The van der Waals surface area contributed by atoms with Crippen LogP contribution in [0.2, 0.25) is 5.02 Å². The number of amides is 1. The van der Waals surface area contributed by atoms with Gasteiger partial charge in [-0.15, -0.1) is 0 Å². The molecule has 1 saturated carbocycles. The second-order valence-corrected chi connectivity index (χ2v) is 8.39. The summed E-state index contributed by atoms with van der Waals surface area (Å²) in [5, 5.41) is 0.624. The van der Waals surface area contributed by atoms with E-state index in [0.717, 1.165) is 24.2 Å². The van der Waals surface area contributed by atoms with Crippen molar-refractivity contribution in [1.29, 1.82) is 0 Å². The van der Waals surface area contributed by atoms with Gasteiger partial charge in [-0.1, -0.05) is 30.9 Å². The third-order valence-corrected chi connectivity index (χ3v) is 7.24. The van der Waals surface area contributed by atoms with E-state index in [1.807, 2.05) is 22.1 Å². The SMILES string of the molecule is COc1cc2c(cc1Cl)CSN(SC)C(=O)C2C1CCCCC1. The lowest BCUT2D eigenvalue weighted by Gasteiger charge is -2.31. The Balaban J connectivity index is 2.06. The van der Waals surface area contributed by atoms with E-state index in [9.17, 15) is 4.79 Å². The molecule has 1 aromatic rings. The summed E-state index contributed by atoms with van der Waals surface area (Å²) in [7, 11) is 1.63. The van der Waals surface area contributed by atoms with E-state index in [2.05, 4.69) is 0 Å². The van der Waals surface area contributed by atoms with Crippen LogP contribution in [-0.2, 0) is 10.5 Å². The molecular formula is C17H22ClNO2S2. The third kappa shape index (κ3) is 3.47. The zero-order chi connectivity index (χ0) is 16.4. The molecule has 1 fully saturated rings. The first-order valence-electron chi connectivity index (χ1n) is 8.03. The van der Waals surface area contributed by atoms with Crippen molar-refractivity contribution in [3.63, 3.8) is 0 Å². The van der Waals surface area contributed by atoms with E-state index in [1.165, 1.54) is 36.8 Å². The number of benzene rings is 1. The van der Waals surface area contributed by atoms with Crippen LogP contribution in [0.15, 0.2) is 12.1 Å². The number of ether oxygens (including phenoxy) is 1. The summed E-state index contributed by atoms with van der Waals surface area (Å²) in [6.45, 7) is 0. The monoisotopic (exact) mass is 371 g/mol. The first-order valence-corrected chi connectivity index (χ1v) is 10.5. The molecule has 1 amide bonds. The number of halogens is 1. The van der Waals surface area contributed by atoms with Crippen LogP contribution in [0.25, 0.3) is 0 Å². The molecule has 3 nitrogen and oxygen atoms in total. The molecule has 0 N–H and O–H groups in total. The van der Waals surface area contributed by atoms with Crippen molar-refractivity contribution in [3.8, 4) is 5.75 Å². The van der Waals surface area contributed by atoms with E-state index in [1.54, 1.807) is 19.1 Å². The molecule has 0 saturated heterocycles. The summed E-state index contributed by atoms with van der Waals surface area (Å²) < 4.78 is 7.25.